The van der Waals surface area contributed by atoms with Crippen molar-refractivity contribution < 1.29 is 14.8 Å². The van der Waals surface area contributed by atoms with Gasteiger partial charge in [0.1, 0.15) is 6.20 Å². The Morgan fingerprint density at radius 3 is 2.33 bits per heavy atom. The van der Waals surface area contributed by atoms with E-state index in [1.807, 2.05) is 32.9 Å². The Balaban J connectivity index is 2.43. The van der Waals surface area contributed by atoms with Crippen molar-refractivity contribution in [3.05, 3.63) is 56.4 Å². The van der Waals surface area contributed by atoms with E-state index < -0.39 is 22.3 Å². The van der Waals surface area contributed by atoms with E-state index in [4.69, 9.17) is 5.11 Å². The summed E-state index contributed by atoms with van der Waals surface area (Å²) >= 11 is 0. The fourth-order valence-corrected chi connectivity index (χ4v) is 2.40. The Bertz CT molecular complexity index is 679. The van der Waals surface area contributed by atoms with Crippen LogP contribution in [0.15, 0.2) is 18.3 Å². The average Bonchev–Trinajstić information content (AvgIpc) is 2.78. The van der Waals surface area contributed by atoms with Gasteiger partial charge in [0.15, 0.2) is 0 Å². The first-order valence-corrected chi connectivity index (χ1v) is 6.31. The lowest BCUT2D eigenvalue weighted by Crippen LogP contribution is -2.07. The maximum atomic E-state index is 11.0. The summed E-state index contributed by atoms with van der Waals surface area (Å²) in [6.07, 6.45) is 1.15. The van der Waals surface area contributed by atoms with E-state index in [9.17, 15) is 14.9 Å². The molecule has 0 atom stereocenters. The minimum Gasteiger partial charge on any atom is -0.476 e. The van der Waals surface area contributed by atoms with E-state index in [0.717, 1.165) is 28.5 Å². The van der Waals surface area contributed by atoms with E-state index in [2.05, 4.69) is 5.10 Å². The van der Waals surface area contributed by atoms with E-state index >= 15 is 0 Å². The van der Waals surface area contributed by atoms with Gasteiger partial charge in [-0.05, 0) is 37.5 Å². The van der Waals surface area contributed by atoms with Crippen molar-refractivity contribution in [3.63, 3.8) is 0 Å². The summed E-state index contributed by atoms with van der Waals surface area (Å²) in [7, 11) is 0. The predicted octanol–water partition coefficient (Wildman–Crippen LogP) is 2.46. The molecule has 0 unspecified atom stereocenters. The standard InChI is InChI=1S/C14H15N3O4/c1-8-4-9(2)11(10(3)5-8)6-16-7-12(17(20)21)13(15-16)14(18)19/h4-5,7H,6H2,1-3H3,(H,18,19). The molecule has 0 radical (unpaired) electrons. The molecular weight excluding hydrogens is 274 g/mol. The zero-order valence-electron chi connectivity index (χ0n) is 12.0. The summed E-state index contributed by atoms with van der Waals surface area (Å²) in [6.45, 7) is 6.19. The molecule has 0 saturated carbocycles. The minimum absolute atomic E-state index is 0.298. The summed E-state index contributed by atoms with van der Waals surface area (Å²) in [5.74, 6) is -1.40. The largest absolute Gasteiger partial charge is 0.476 e. The third kappa shape index (κ3) is 2.91. The number of hydrogen-bond donors (Lipinski definition) is 1. The van der Waals surface area contributed by atoms with E-state index in [-0.39, 0.29) is 0 Å². The molecule has 1 aromatic carbocycles. The second-order valence-electron chi connectivity index (χ2n) is 5.00. The summed E-state index contributed by atoms with van der Waals surface area (Å²) in [5, 5.41) is 23.6. The number of nitro groups is 1. The molecule has 7 heteroatoms. The molecule has 7 nitrogen and oxygen atoms in total. The smallest absolute Gasteiger partial charge is 0.363 e. The number of carboxylic acid groups (broad SMARTS) is 1. The summed E-state index contributed by atoms with van der Waals surface area (Å²) in [6, 6.07) is 4.02. The number of rotatable bonds is 4. The van der Waals surface area contributed by atoms with Gasteiger partial charge >= 0.3 is 11.7 Å². The van der Waals surface area contributed by atoms with Gasteiger partial charge in [-0.2, -0.15) is 5.10 Å². The number of nitrogens with zero attached hydrogens (tertiary/aromatic N) is 3. The number of carbonyl (C=O) groups is 1. The van der Waals surface area contributed by atoms with Crippen LogP contribution >= 0.6 is 0 Å². The van der Waals surface area contributed by atoms with Gasteiger partial charge < -0.3 is 5.11 Å². The highest BCUT2D eigenvalue weighted by Gasteiger charge is 2.25. The number of hydrogen-bond acceptors (Lipinski definition) is 4. The number of carboxylic acids is 1. The first kappa shape index (κ1) is 14.7. The molecule has 110 valence electrons. The van der Waals surface area contributed by atoms with Crippen molar-refractivity contribution in [1.82, 2.24) is 9.78 Å². The van der Waals surface area contributed by atoms with Gasteiger partial charge in [-0.15, -0.1) is 0 Å². The molecule has 0 aliphatic rings. The third-order valence-electron chi connectivity index (χ3n) is 3.30. The zero-order chi connectivity index (χ0) is 15.7. The van der Waals surface area contributed by atoms with Crippen LogP contribution in [-0.2, 0) is 6.54 Å². The Hall–Kier alpha value is -2.70. The van der Waals surface area contributed by atoms with Gasteiger partial charge in [0.25, 0.3) is 0 Å². The SMILES string of the molecule is Cc1cc(C)c(Cn2cc([N+](=O)[O-])c(C(=O)O)n2)c(C)c1. The van der Waals surface area contributed by atoms with Crippen LogP contribution in [0.1, 0.15) is 32.7 Å². The third-order valence-corrected chi connectivity index (χ3v) is 3.30. The number of aromatic carboxylic acids is 1. The second-order valence-corrected chi connectivity index (χ2v) is 5.00. The minimum atomic E-state index is -1.40. The first-order chi connectivity index (χ1) is 9.79. The zero-order valence-corrected chi connectivity index (χ0v) is 12.0. The summed E-state index contributed by atoms with van der Waals surface area (Å²) in [5.41, 5.74) is 3.17. The van der Waals surface area contributed by atoms with Crippen LogP contribution in [0, 0.1) is 30.9 Å². The van der Waals surface area contributed by atoms with Crippen molar-refractivity contribution in [2.75, 3.05) is 0 Å². The molecular formula is C14H15N3O4. The highest BCUT2D eigenvalue weighted by molar-refractivity contribution is 5.89. The second kappa shape index (κ2) is 5.35. The van der Waals surface area contributed by atoms with Crippen molar-refractivity contribution in [1.29, 1.82) is 0 Å². The fraction of sp³-hybridized carbons (Fsp3) is 0.286. The van der Waals surface area contributed by atoms with Crippen LogP contribution < -0.4 is 0 Å². The van der Waals surface area contributed by atoms with Gasteiger partial charge in [0, 0.05) is 0 Å². The van der Waals surface area contributed by atoms with Crippen molar-refractivity contribution >= 4 is 11.7 Å². The van der Waals surface area contributed by atoms with Gasteiger partial charge in [-0.3, -0.25) is 14.8 Å². The normalized spacial score (nSPS) is 10.6. The Kier molecular flexibility index (Phi) is 3.75. The monoisotopic (exact) mass is 289 g/mol. The molecule has 2 rings (SSSR count). The van der Waals surface area contributed by atoms with Crippen molar-refractivity contribution in [3.8, 4) is 0 Å². The number of aryl methyl sites for hydroxylation is 3. The van der Waals surface area contributed by atoms with E-state index in [1.165, 1.54) is 4.68 Å². The first-order valence-electron chi connectivity index (χ1n) is 6.31. The van der Waals surface area contributed by atoms with Crippen LogP contribution in [0.5, 0.6) is 0 Å². The molecule has 0 aliphatic carbocycles. The molecule has 2 aromatic rings. The summed E-state index contributed by atoms with van der Waals surface area (Å²) in [4.78, 5) is 21.1. The molecule has 0 spiro atoms. The molecule has 1 N–H and O–H groups in total. The maximum Gasteiger partial charge on any atom is 0.363 e. The number of benzene rings is 1. The molecule has 0 aliphatic heterocycles. The lowest BCUT2D eigenvalue weighted by Gasteiger charge is -2.11. The molecule has 0 saturated heterocycles. The molecule has 0 bridgehead atoms. The molecule has 0 amide bonds. The Morgan fingerprint density at radius 2 is 1.90 bits per heavy atom. The van der Waals surface area contributed by atoms with Gasteiger partial charge in [0.05, 0.1) is 11.5 Å². The van der Waals surface area contributed by atoms with Gasteiger partial charge in [0.2, 0.25) is 5.69 Å². The predicted molar refractivity (Wildman–Crippen MR) is 75.6 cm³/mol. The quantitative estimate of drug-likeness (QED) is 0.688. The highest BCUT2D eigenvalue weighted by Crippen LogP contribution is 2.21. The fourth-order valence-electron chi connectivity index (χ4n) is 2.40. The Labute approximate surface area is 121 Å². The van der Waals surface area contributed by atoms with Crippen LogP contribution in [0.4, 0.5) is 5.69 Å². The van der Waals surface area contributed by atoms with E-state index in [0.29, 0.717) is 6.54 Å². The Morgan fingerprint density at radius 1 is 1.33 bits per heavy atom. The van der Waals surface area contributed by atoms with E-state index in [1.54, 1.807) is 0 Å². The molecule has 1 heterocycles. The van der Waals surface area contributed by atoms with Gasteiger partial charge in [-0.1, -0.05) is 17.7 Å². The highest BCUT2D eigenvalue weighted by atomic mass is 16.6. The number of aromatic nitrogens is 2. The van der Waals surface area contributed by atoms with Crippen molar-refractivity contribution in [2.45, 2.75) is 27.3 Å². The topological polar surface area (TPSA) is 98.3 Å². The molecule has 21 heavy (non-hydrogen) atoms. The van der Waals surface area contributed by atoms with Crippen LogP contribution in [0.25, 0.3) is 0 Å². The van der Waals surface area contributed by atoms with Crippen LogP contribution in [0.3, 0.4) is 0 Å². The lowest BCUT2D eigenvalue weighted by atomic mass is 10.00. The van der Waals surface area contributed by atoms with Crippen LogP contribution in [-0.4, -0.2) is 25.8 Å². The summed E-state index contributed by atoms with van der Waals surface area (Å²) < 4.78 is 1.30. The average molecular weight is 289 g/mol. The van der Waals surface area contributed by atoms with Crippen molar-refractivity contribution in [2.24, 2.45) is 0 Å². The molecule has 0 fully saturated rings. The maximum absolute atomic E-state index is 11.0. The molecule has 1 aromatic heterocycles. The van der Waals surface area contributed by atoms with Gasteiger partial charge in [-0.25, -0.2) is 4.79 Å². The van der Waals surface area contributed by atoms with Crippen LogP contribution in [0.2, 0.25) is 0 Å². The lowest BCUT2D eigenvalue weighted by molar-refractivity contribution is -0.385.